The summed E-state index contributed by atoms with van der Waals surface area (Å²) in [5.41, 5.74) is 2.36. The molecule has 2 amide bonds. The fourth-order valence-corrected chi connectivity index (χ4v) is 2.24. The van der Waals surface area contributed by atoms with E-state index in [0.717, 1.165) is 11.1 Å². The van der Waals surface area contributed by atoms with E-state index in [0.29, 0.717) is 0 Å². The third kappa shape index (κ3) is 4.58. The third-order valence-corrected chi connectivity index (χ3v) is 3.55. The molecular weight excluding hydrogens is 312 g/mol. The molecule has 2 N–H and O–H groups in total. The van der Waals surface area contributed by atoms with Crippen molar-refractivity contribution >= 4 is 18.0 Å². The minimum atomic E-state index is -0.546. The van der Waals surface area contributed by atoms with Crippen LogP contribution in [0.4, 0.5) is 4.79 Å². The molecule has 1 aromatic rings. The van der Waals surface area contributed by atoms with Crippen molar-refractivity contribution in [1.82, 2.24) is 10.6 Å². The quantitative estimate of drug-likeness (QED) is 0.764. The Hall–Kier alpha value is -2.83. The van der Waals surface area contributed by atoms with E-state index >= 15 is 0 Å². The summed E-state index contributed by atoms with van der Waals surface area (Å²) in [6.07, 6.45) is 0.126. The van der Waals surface area contributed by atoms with Crippen molar-refractivity contribution in [3.8, 4) is 0 Å². The minimum absolute atomic E-state index is 0.0370. The molecule has 1 aliphatic heterocycles. The highest BCUT2D eigenvalue weighted by atomic mass is 16.5. The zero-order valence-electron chi connectivity index (χ0n) is 13.7. The van der Waals surface area contributed by atoms with Gasteiger partial charge in [0, 0.05) is 0 Å². The summed E-state index contributed by atoms with van der Waals surface area (Å²) in [6.45, 7) is 3.67. The van der Waals surface area contributed by atoms with Crippen LogP contribution >= 0.6 is 0 Å². The van der Waals surface area contributed by atoms with Crippen LogP contribution in [0.5, 0.6) is 0 Å². The molecule has 1 heterocycles. The van der Waals surface area contributed by atoms with E-state index in [4.69, 9.17) is 9.47 Å². The number of nitrogens with one attached hydrogen (secondary N) is 2. The molecule has 0 aromatic heterocycles. The van der Waals surface area contributed by atoms with Crippen molar-refractivity contribution in [3.63, 3.8) is 0 Å². The first-order chi connectivity index (χ1) is 11.5. The zero-order valence-corrected chi connectivity index (χ0v) is 13.7. The largest absolute Gasteiger partial charge is 0.463 e. The first-order valence-corrected chi connectivity index (χ1v) is 7.65. The lowest BCUT2D eigenvalue weighted by Crippen LogP contribution is -2.45. The average molecular weight is 332 g/mol. The smallest absolute Gasteiger partial charge is 0.337 e. The lowest BCUT2D eigenvalue weighted by atomic mass is 10.1. The molecular formula is C17H20N2O5. The average Bonchev–Trinajstić information content (AvgIpc) is 2.55. The van der Waals surface area contributed by atoms with Gasteiger partial charge in [0.25, 0.3) is 0 Å². The predicted molar refractivity (Wildman–Crippen MR) is 86.0 cm³/mol. The van der Waals surface area contributed by atoms with Gasteiger partial charge >= 0.3 is 18.0 Å². The van der Waals surface area contributed by atoms with Gasteiger partial charge in [-0.15, -0.1) is 0 Å². The summed E-state index contributed by atoms with van der Waals surface area (Å²) in [4.78, 5) is 35.3. The van der Waals surface area contributed by atoms with Crippen molar-refractivity contribution in [2.24, 2.45) is 0 Å². The van der Waals surface area contributed by atoms with Crippen molar-refractivity contribution in [2.45, 2.75) is 20.3 Å². The lowest BCUT2D eigenvalue weighted by Gasteiger charge is -2.21. The summed E-state index contributed by atoms with van der Waals surface area (Å²) in [5, 5.41) is 4.98. The highest BCUT2D eigenvalue weighted by molar-refractivity contribution is 5.93. The van der Waals surface area contributed by atoms with Crippen LogP contribution in [0.25, 0.3) is 0 Å². The molecule has 0 atom stereocenters. The first-order valence-electron chi connectivity index (χ1n) is 7.65. The normalized spacial score (nSPS) is 13.8. The van der Waals surface area contributed by atoms with Gasteiger partial charge in [-0.25, -0.2) is 9.59 Å². The van der Waals surface area contributed by atoms with Crippen LogP contribution in [0.2, 0.25) is 0 Å². The van der Waals surface area contributed by atoms with E-state index in [2.05, 4.69) is 10.6 Å². The molecule has 0 saturated carbocycles. The van der Waals surface area contributed by atoms with Crippen LogP contribution in [-0.2, 0) is 25.5 Å². The van der Waals surface area contributed by atoms with Crippen LogP contribution in [0.3, 0.4) is 0 Å². The number of amides is 2. The van der Waals surface area contributed by atoms with Gasteiger partial charge < -0.3 is 20.1 Å². The van der Waals surface area contributed by atoms with Crippen LogP contribution in [0.1, 0.15) is 18.1 Å². The molecule has 128 valence electrons. The number of carbonyl (C=O) groups excluding carboxylic acids is 3. The predicted octanol–water partition coefficient (Wildman–Crippen LogP) is 1.21. The van der Waals surface area contributed by atoms with Gasteiger partial charge in [0.2, 0.25) is 0 Å². The molecule has 0 unspecified atom stereocenters. The summed E-state index contributed by atoms with van der Waals surface area (Å²) < 4.78 is 10.1. The van der Waals surface area contributed by atoms with E-state index < -0.39 is 18.0 Å². The number of aryl methyl sites for hydroxylation is 1. The molecule has 1 aromatic carbocycles. The number of hydrogen-bond acceptors (Lipinski definition) is 5. The number of ether oxygens (including phenoxy) is 2. The maximum absolute atomic E-state index is 12.0. The Kier molecular flexibility index (Phi) is 5.95. The molecule has 24 heavy (non-hydrogen) atoms. The van der Waals surface area contributed by atoms with E-state index in [1.165, 1.54) is 0 Å². The second kappa shape index (κ2) is 8.14. The maximum atomic E-state index is 12.0. The Bertz CT molecular complexity index is 681. The minimum Gasteiger partial charge on any atom is -0.463 e. The molecule has 1 aliphatic rings. The maximum Gasteiger partial charge on any atom is 0.337 e. The standard InChI is InChI=1S/C17H20N2O5/c1-3-23-16(21)13-9-18-17(22)19-14(13)10-24-15(20)8-12-7-5-4-6-11(12)2/h4-7H,3,8-10H2,1-2H3,(H2,18,19,22). The van der Waals surface area contributed by atoms with Crippen molar-refractivity contribution in [2.75, 3.05) is 19.8 Å². The third-order valence-electron chi connectivity index (χ3n) is 3.55. The molecule has 0 aliphatic carbocycles. The Morgan fingerprint density at radius 1 is 1.21 bits per heavy atom. The molecule has 7 heteroatoms. The van der Waals surface area contributed by atoms with Gasteiger partial charge in [-0.3, -0.25) is 4.79 Å². The summed E-state index contributed by atoms with van der Waals surface area (Å²) in [6, 6.07) is 7.06. The number of urea groups is 1. The molecule has 2 rings (SSSR count). The van der Waals surface area contributed by atoms with E-state index in [1.54, 1.807) is 6.92 Å². The second-order valence-electron chi connectivity index (χ2n) is 5.25. The topological polar surface area (TPSA) is 93.7 Å². The summed E-state index contributed by atoms with van der Waals surface area (Å²) >= 11 is 0. The molecule has 0 bridgehead atoms. The van der Waals surface area contributed by atoms with Crippen LogP contribution in [0.15, 0.2) is 35.5 Å². The van der Waals surface area contributed by atoms with Crippen molar-refractivity contribution < 1.29 is 23.9 Å². The number of esters is 2. The summed E-state index contributed by atoms with van der Waals surface area (Å²) in [7, 11) is 0. The highest BCUT2D eigenvalue weighted by Crippen LogP contribution is 2.11. The molecule has 0 saturated heterocycles. The van der Waals surface area contributed by atoms with Crippen molar-refractivity contribution in [1.29, 1.82) is 0 Å². The summed E-state index contributed by atoms with van der Waals surface area (Å²) in [5.74, 6) is -0.984. The molecule has 0 radical (unpaired) electrons. The monoisotopic (exact) mass is 332 g/mol. The molecule has 0 fully saturated rings. The van der Waals surface area contributed by atoms with Gasteiger partial charge in [0.05, 0.1) is 30.8 Å². The van der Waals surface area contributed by atoms with Crippen LogP contribution in [0, 0.1) is 6.92 Å². The lowest BCUT2D eigenvalue weighted by molar-refractivity contribution is -0.143. The fraction of sp³-hybridized carbons (Fsp3) is 0.353. The Morgan fingerprint density at radius 2 is 1.96 bits per heavy atom. The van der Waals surface area contributed by atoms with Gasteiger partial charge in [0.1, 0.15) is 6.61 Å². The Morgan fingerprint density at radius 3 is 2.67 bits per heavy atom. The van der Waals surface area contributed by atoms with Gasteiger partial charge in [-0.1, -0.05) is 24.3 Å². The zero-order chi connectivity index (χ0) is 17.5. The fourth-order valence-electron chi connectivity index (χ4n) is 2.24. The van der Waals surface area contributed by atoms with Crippen molar-refractivity contribution in [3.05, 3.63) is 46.7 Å². The van der Waals surface area contributed by atoms with E-state index in [1.807, 2.05) is 31.2 Å². The van der Waals surface area contributed by atoms with E-state index in [9.17, 15) is 14.4 Å². The number of rotatable bonds is 6. The SMILES string of the molecule is CCOC(=O)C1=C(COC(=O)Cc2ccccc2C)NC(=O)NC1. The van der Waals surface area contributed by atoms with Gasteiger partial charge in [-0.05, 0) is 25.0 Å². The Balaban J connectivity index is 2.01. The van der Waals surface area contributed by atoms with Crippen LogP contribution < -0.4 is 10.6 Å². The van der Waals surface area contributed by atoms with Gasteiger partial charge in [-0.2, -0.15) is 0 Å². The highest BCUT2D eigenvalue weighted by Gasteiger charge is 2.24. The van der Waals surface area contributed by atoms with Gasteiger partial charge in [0.15, 0.2) is 0 Å². The van der Waals surface area contributed by atoms with E-state index in [-0.39, 0.29) is 37.4 Å². The van der Waals surface area contributed by atoms with Crippen LogP contribution in [-0.4, -0.2) is 37.7 Å². The first kappa shape index (κ1) is 17.5. The number of benzene rings is 1. The number of carbonyl (C=O) groups is 3. The Labute approximate surface area is 140 Å². The second-order valence-corrected chi connectivity index (χ2v) is 5.25. The molecule has 0 spiro atoms. The molecule has 7 nitrogen and oxygen atoms in total. The number of hydrogen-bond donors (Lipinski definition) is 2.